The summed E-state index contributed by atoms with van der Waals surface area (Å²) >= 11 is 12.1. The summed E-state index contributed by atoms with van der Waals surface area (Å²) in [7, 11) is 1.74. The first-order valence-corrected chi connectivity index (χ1v) is 5.73. The lowest BCUT2D eigenvalue weighted by Gasteiger charge is -2.08. The molecule has 7 heteroatoms. The van der Waals surface area contributed by atoms with E-state index in [0.29, 0.717) is 27.5 Å². The van der Waals surface area contributed by atoms with Gasteiger partial charge in [-0.3, -0.25) is 0 Å². The number of hydrogen-bond donors (Lipinski definition) is 1. The largest absolute Gasteiger partial charge is 0.372 e. The van der Waals surface area contributed by atoms with Crippen LogP contribution in [0, 0.1) is 13.8 Å². The van der Waals surface area contributed by atoms with Crippen LogP contribution in [0.4, 0.5) is 5.82 Å². The molecule has 2 aromatic heterocycles. The molecular formula is C10H11Cl2N5. The fourth-order valence-corrected chi connectivity index (χ4v) is 2.04. The lowest BCUT2D eigenvalue weighted by atomic mass is 10.4. The van der Waals surface area contributed by atoms with Gasteiger partial charge in [0.2, 0.25) is 0 Å². The van der Waals surface area contributed by atoms with Crippen LogP contribution in [0.25, 0.3) is 5.82 Å². The maximum Gasteiger partial charge on any atom is 0.176 e. The number of hydrogen-bond acceptors (Lipinski definition) is 4. The van der Waals surface area contributed by atoms with Crippen molar-refractivity contribution < 1.29 is 0 Å². The predicted octanol–water partition coefficient (Wildman–Crippen LogP) is 2.63. The van der Waals surface area contributed by atoms with Gasteiger partial charge in [0.05, 0.1) is 10.0 Å². The highest BCUT2D eigenvalue weighted by Crippen LogP contribution is 2.28. The fourth-order valence-electron chi connectivity index (χ4n) is 1.50. The number of aryl methyl sites for hydroxylation is 2. The number of rotatable bonds is 2. The molecule has 0 atom stereocenters. The van der Waals surface area contributed by atoms with Crippen LogP contribution in [-0.4, -0.2) is 26.8 Å². The Kier molecular flexibility index (Phi) is 3.22. The predicted molar refractivity (Wildman–Crippen MR) is 68.2 cm³/mol. The van der Waals surface area contributed by atoms with Gasteiger partial charge in [0, 0.05) is 7.05 Å². The molecular weight excluding hydrogens is 261 g/mol. The summed E-state index contributed by atoms with van der Waals surface area (Å²) < 4.78 is 1.59. The van der Waals surface area contributed by atoms with Crippen LogP contribution >= 0.6 is 23.2 Å². The molecule has 0 aliphatic carbocycles. The number of anilines is 1. The maximum absolute atomic E-state index is 6.11. The second-order valence-corrected chi connectivity index (χ2v) is 4.31. The molecule has 0 aromatic carbocycles. The van der Waals surface area contributed by atoms with E-state index in [1.54, 1.807) is 17.8 Å². The summed E-state index contributed by atoms with van der Waals surface area (Å²) in [5.41, 5.74) is 0. The first-order valence-electron chi connectivity index (χ1n) is 4.97. The van der Waals surface area contributed by atoms with Gasteiger partial charge in [0.1, 0.15) is 17.5 Å². The van der Waals surface area contributed by atoms with Crippen LogP contribution in [0.2, 0.25) is 10.0 Å². The van der Waals surface area contributed by atoms with E-state index in [0.717, 1.165) is 5.82 Å². The molecule has 0 saturated carbocycles. The topological polar surface area (TPSA) is 55.6 Å². The average Bonchev–Trinajstić information content (AvgIpc) is 2.58. The number of aromatic nitrogens is 4. The van der Waals surface area contributed by atoms with Gasteiger partial charge < -0.3 is 5.32 Å². The Hall–Kier alpha value is -1.33. The first kappa shape index (κ1) is 12.1. The van der Waals surface area contributed by atoms with Gasteiger partial charge in [-0.1, -0.05) is 23.2 Å². The highest BCUT2D eigenvalue weighted by molar-refractivity contribution is 6.36. The standard InChI is InChI=1S/C10H11Cl2N5/c1-5-14-6(2)17(16-5)10-8(12)4-7(11)9(13-3)15-10/h4H,1-3H3,(H,13,15). The molecule has 2 aromatic rings. The van der Waals surface area contributed by atoms with Gasteiger partial charge in [0.15, 0.2) is 5.82 Å². The molecule has 0 amide bonds. The molecule has 0 aliphatic heterocycles. The minimum absolute atomic E-state index is 0.432. The second kappa shape index (κ2) is 4.50. The zero-order valence-corrected chi connectivity index (χ0v) is 11.1. The van der Waals surface area contributed by atoms with Crippen molar-refractivity contribution in [2.24, 2.45) is 0 Å². The quantitative estimate of drug-likeness (QED) is 0.913. The van der Waals surface area contributed by atoms with Crippen molar-refractivity contribution >= 4 is 29.0 Å². The number of halogens is 2. The third-order valence-corrected chi connectivity index (χ3v) is 2.79. The zero-order valence-electron chi connectivity index (χ0n) is 9.62. The normalized spacial score (nSPS) is 10.6. The van der Waals surface area contributed by atoms with E-state index in [1.807, 2.05) is 13.8 Å². The zero-order chi connectivity index (χ0) is 12.6. The summed E-state index contributed by atoms with van der Waals surface area (Å²) in [6, 6.07) is 1.63. The summed E-state index contributed by atoms with van der Waals surface area (Å²) in [4.78, 5) is 8.53. The van der Waals surface area contributed by atoms with Gasteiger partial charge in [-0.05, 0) is 19.9 Å². The van der Waals surface area contributed by atoms with Crippen molar-refractivity contribution in [1.29, 1.82) is 0 Å². The van der Waals surface area contributed by atoms with E-state index in [2.05, 4.69) is 20.4 Å². The van der Waals surface area contributed by atoms with Crippen LogP contribution < -0.4 is 5.32 Å². The van der Waals surface area contributed by atoms with Crippen molar-refractivity contribution in [3.8, 4) is 5.82 Å². The molecule has 0 bridgehead atoms. The molecule has 2 rings (SSSR count). The van der Waals surface area contributed by atoms with E-state index in [9.17, 15) is 0 Å². The Morgan fingerprint density at radius 2 is 1.88 bits per heavy atom. The van der Waals surface area contributed by atoms with Crippen LogP contribution in [0.5, 0.6) is 0 Å². The average molecular weight is 272 g/mol. The van der Waals surface area contributed by atoms with Crippen LogP contribution in [0.3, 0.4) is 0 Å². The minimum Gasteiger partial charge on any atom is -0.372 e. The van der Waals surface area contributed by atoms with E-state index >= 15 is 0 Å². The van der Waals surface area contributed by atoms with Crippen molar-refractivity contribution in [2.75, 3.05) is 12.4 Å². The molecule has 0 fully saturated rings. The minimum atomic E-state index is 0.432. The molecule has 90 valence electrons. The third kappa shape index (κ3) is 2.21. The highest BCUT2D eigenvalue weighted by Gasteiger charge is 2.13. The Balaban J connectivity index is 2.63. The van der Waals surface area contributed by atoms with Crippen LogP contribution in [0.15, 0.2) is 6.07 Å². The second-order valence-electron chi connectivity index (χ2n) is 3.49. The lowest BCUT2D eigenvalue weighted by Crippen LogP contribution is -2.05. The molecule has 17 heavy (non-hydrogen) atoms. The van der Waals surface area contributed by atoms with Crippen molar-refractivity contribution in [1.82, 2.24) is 19.7 Å². The Morgan fingerprint density at radius 1 is 1.18 bits per heavy atom. The first-order chi connectivity index (χ1) is 8.02. The van der Waals surface area contributed by atoms with E-state index in [1.165, 1.54) is 0 Å². The van der Waals surface area contributed by atoms with Crippen molar-refractivity contribution in [3.63, 3.8) is 0 Å². The van der Waals surface area contributed by atoms with E-state index in [4.69, 9.17) is 23.2 Å². The Bertz CT molecular complexity index is 564. The molecule has 1 N–H and O–H groups in total. The highest BCUT2D eigenvalue weighted by atomic mass is 35.5. The van der Waals surface area contributed by atoms with Gasteiger partial charge in [-0.2, -0.15) is 4.68 Å². The summed E-state index contributed by atoms with van der Waals surface area (Å²) in [6.45, 7) is 3.65. The van der Waals surface area contributed by atoms with Gasteiger partial charge in [-0.25, -0.2) is 9.97 Å². The van der Waals surface area contributed by atoms with Crippen LogP contribution in [-0.2, 0) is 0 Å². The fraction of sp³-hybridized carbons (Fsp3) is 0.300. The monoisotopic (exact) mass is 271 g/mol. The maximum atomic E-state index is 6.11. The molecule has 0 spiro atoms. The van der Waals surface area contributed by atoms with Crippen LogP contribution in [0.1, 0.15) is 11.6 Å². The SMILES string of the molecule is CNc1nc(-n2nc(C)nc2C)c(Cl)cc1Cl. The number of nitrogens with one attached hydrogen (secondary N) is 1. The molecule has 0 aliphatic rings. The summed E-state index contributed by atoms with van der Waals surface area (Å²) in [5, 5.41) is 8.03. The Labute approximate surface area is 109 Å². The molecule has 2 heterocycles. The molecule has 5 nitrogen and oxygen atoms in total. The number of nitrogens with zero attached hydrogens (tertiary/aromatic N) is 4. The van der Waals surface area contributed by atoms with Crippen molar-refractivity contribution in [2.45, 2.75) is 13.8 Å². The van der Waals surface area contributed by atoms with E-state index in [-0.39, 0.29) is 0 Å². The molecule has 0 saturated heterocycles. The van der Waals surface area contributed by atoms with E-state index < -0.39 is 0 Å². The smallest absolute Gasteiger partial charge is 0.176 e. The molecule has 0 radical (unpaired) electrons. The summed E-state index contributed by atoms with van der Waals surface area (Å²) in [6.07, 6.45) is 0. The third-order valence-electron chi connectivity index (χ3n) is 2.22. The lowest BCUT2D eigenvalue weighted by molar-refractivity contribution is 0.805. The number of pyridine rings is 1. The van der Waals surface area contributed by atoms with Crippen molar-refractivity contribution in [3.05, 3.63) is 27.8 Å². The summed E-state index contributed by atoms with van der Waals surface area (Å²) in [5.74, 6) is 2.46. The Morgan fingerprint density at radius 3 is 2.41 bits per heavy atom. The molecule has 0 unspecified atom stereocenters. The van der Waals surface area contributed by atoms with Gasteiger partial charge >= 0.3 is 0 Å². The van der Waals surface area contributed by atoms with Gasteiger partial charge in [0.25, 0.3) is 0 Å². The van der Waals surface area contributed by atoms with Gasteiger partial charge in [-0.15, -0.1) is 5.10 Å².